The molecule has 2 aliphatic carbocycles. The average Bonchev–Trinajstić information content (AvgIpc) is 3.36. The van der Waals surface area contributed by atoms with E-state index in [-0.39, 0.29) is 40.0 Å². The second kappa shape index (κ2) is 23.2. The SMILES string of the molecule is C/C=C/CCCCC[C@@H]1C=C2[C@H](OCc3ccc(OC)cc3)[C@H](C(C(=O)OC)=CCC23COC(C)(C)OC3)[C@H]1C[C@@H](O[Si](CC)(CC)CC)C1(CC/C=C/C)SCCCS1. The monoisotopic (exact) mass is 882 g/mol. The minimum absolute atomic E-state index is 0.0298. The van der Waals surface area contributed by atoms with Gasteiger partial charge in [-0.15, -0.1) is 23.5 Å². The Morgan fingerprint density at radius 1 is 0.933 bits per heavy atom. The van der Waals surface area contributed by atoms with E-state index in [0.717, 1.165) is 85.0 Å². The molecule has 7 nitrogen and oxygen atoms in total. The number of benzene rings is 1. The fourth-order valence-electron chi connectivity index (χ4n) is 10.00. The quantitative estimate of drug-likeness (QED) is 0.0490. The first-order valence-electron chi connectivity index (χ1n) is 23.2. The van der Waals surface area contributed by atoms with Crippen LogP contribution >= 0.6 is 23.5 Å². The molecule has 2 heterocycles. The standard InChI is InChI=1S/C50H78O7S2Si/c1-10-15-17-18-19-20-23-39-33-43-46(54-35-38-24-26-40(52-8)27-25-38)45(41(47(51)53-9)28-30-49(43)36-55-48(6,7)56-37-49)42(39)34-44(57-60(12-3,13-4)14-5)50(29-21-16-11-2)58-31-22-32-59-50/h10-11,15-16,24-28,33,39,42,44-46H,12-14,17-23,29-32,34-37H2,1-9H3/b15-10+,16-11+/t39-,42+,44-,45-,46+/m1/s1. The van der Waals surface area contributed by atoms with E-state index in [2.05, 4.69) is 107 Å². The van der Waals surface area contributed by atoms with Crippen LogP contribution < -0.4 is 4.74 Å². The summed E-state index contributed by atoms with van der Waals surface area (Å²) in [5.74, 6) is 2.24. The van der Waals surface area contributed by atoms with Gasteiger partial charge in [-0.3, -0.25) is 0 Å². The summed E-state index contributed by atoms with van der Waals surface area (Å²) < 4.78 is 39.5. The van der Waals surface area contributed by atoms with Gasteiger partial charge in [-0.2, -0.15) is 0 Å². The topological polar surface area (TPSA) is 72.5 Å². The van der Waals surface area contributed by atoms with Crippen LogP contribution in [0.1, 0.15) is 118 Å². The van der Waals surface area contributed by atoms with Gasteiger partial charge >= 0.3 is 5.97 Å². The lowest BCUT2D eigenvalue weighted by molar-refractivity contribution is -0.280. The molecular weight excluding hydrogens is 805 g/mol. The lowest BCUT2D eigenvalue weighted by Crippen LogP contribution is -2.54. The molecule has 2 aliphatic heterocycles. The summed E-state index contributed by atoms with van der Waals surface area (Å²) in [4.78, 5) is 14.4. The maximum absolute atomic E-state index is 14.4. The molecule has 1 spiro atoms. The number of carbonyl (C=O) groups excluding carboxylic acids is 1. The summed E-state index contributed by atoms with van der Waals surface area (Å²) in [6.07, 6.45) is 23.8. The number of unbranched alkanes of at least 4 members (excludes halogenated alkanes) is 3. The van der Waals surface area contributed by atoms with Crippen LogP contribution in [0, 0.1) is 23.2 Å². The van der Waals surface area contributed by atoms with Crippen LogP contribution in [0.5, 0.6) is 5.75 Å². The molecule has 10 heteroatoms. The van der Waals surface area contributed by atoms with Gasteiger partial charge in [0.1, 0.15) is 5.75 Å². The van der Waals surface area contributed by atoms with Crippen molar-refractivity contribution in [2.24, 2.45) is 23.2 Å². The van der Waals surface area contributed by atoms with Gasteiger partial charge in [0.2, 0.25) is 0 Å². The Labute approximate surface area is 373 Å². The molecule has 60 heavy (non-hydrogen) atoms. The predicted octanol–water partition coefficient (Wildman–Crippen LogP) is 12.9. The number of esters is 1. The fourth-order valence-corrected chi connectivity index (χ4v) is 16.5. The molecule has 0 radical (unpaired) electrons. The molecule has 5 rings (SSSR count). The third-order valence-electron chi connectivity index (χ3n) is 13.9. The molecule has 0 aromatic heterocycles. The molecule has 5 atom stereocenters. The number of carbonyl (C=O) groups is 1. The maximum Gasteiger partial charge on any atom is 0.333 e. The fraction of sp³-hybridized carbons (Fsp3) is 0.700. The minimum Gasteiger partial charge on any atom is -0.497 e. The molecule has 2 fully saturated rings. The predicted molar refractivity (Wildman–Crippen MR) is 254 cm³/mol. The lowest BCUT2D eigenvalue weighted by atomic mass is 9.62. The highest BCUT2D eigenvalue weighted by molar-refractivity contribution is 8.18. The normalized spacial score (nSPS) is 25.5. The Kier molecular flexibility index (Phi) is 19.1. The van der Waals surface area contributed by atoms with Gasteiger partial charge in [-0.1, -0.05) is 82.2 Å². The maximum atomic E-state index is 14.4. The summed E-state index contributed by atoms with van der Waals surface area (Å²) in [6, 6.07) is 11.5. The smallest absolute Gasteiger partial charge is 0.333 e. The van der Waals surface area contributed by atoms with Crippen molar-refractivity contribution in [3.8, 4) is 5.75 Å². The molecule has 336 valence electrons. The van der Waals surface area contributed by atoms with E-state index in [9.17, 15) is 4.79 Å². The van der Waals surface area contributed by atoms with Gasteiger partial charge in [0.05, 0.1) is 50.3 Å². The van der Waals surface area contributed by atoms with E-state index in [0.29, 0.717) is 26.2 Å². The second-order valence-electron chi connectivity index (χ2n) is 17.9. The molecule has 1 aromatic carbocycles. The zero-order valence-electron chi connectivity index (χ0n) is 38.6. The number of allylic oxidation sites excluding steroid dienone is 6. The summed E-state index contributed by atoms with van der Waals surface area (Å²) in [6.45, 7) is 16.7. The van der Waals surface area contributed by atoms with Gasteiger partial charge in [0.15, 0.2) is 14.1 Å². The van der Waals surface area contributed by atoms with Crippen molar-refractivity contribution in [1.82, 2.24) is 0 Å². The molecule has 1 aromatic rings. The van der Waals surface area contributed by atoms with Crippen LogP contribution in [0.4, 0.5) is 0 Å². The van der Waals surface area contributed by atoms with Crippen LogP contribution in [-0.4, -0.2) is 75.3 Å². The van der Waals surface area contributed by atoms with Crippen LogP contribution in [0.25, 0.3) is 0 Å². The number of rotatable bonds is 22. The van der Waals surface area contributed by atoms with Crippen molar-refractivity contribution in [3.05, 3.63) is 77.4 Å². The number of fused-ring (bicyclic) bond motifs is 3. The Morgan fingerprint density at radius 3 is 2.22 bits per heavy atom. The highest BCUT2D eigenvalue weighted by Crippen LogP contribution is 2.58. The second-order valence-corrected chi connectivity index (χ2v) is 25.8. The Hall–Kier alpha value is -1.79. The number of hydrogen-bond acceptors (Lipinski definition) is 9. The summed E-state index contributed by atoms with van der Waals surface area (Å²) >= 11 is 4.30. The van der Waals surface area contributed by atoms with E-state index < -0.39 is 19.5 Å². The van der Waals surface area contributed by atoms with Crippen LogP contribution in [-0.2, 0) is 34.8 Å². The summed E-state index contributed by atoms with van der Waals surface area (Å²) in [5, 5.41) is 0. The summed E-state index contributed by atoms with van der Waals surface area (Å²) in [5.41, 5.74) is 2.55. The van der Waals surface area contributed by atoms with Gasteiger partial charge in [-0.05, 0) is 144 Å². The van der Waals surface area contributed by atoms with E-state index in [1.807, 2.05) is 26.0 Å². The Balaban J connectivity index is 1.70. The van der Waals surface area contributed by atoms with Crippen LogP contribution in [0.3, 0.4) is 0 Å². The number of methoxy groups -OCH3 is 2. The van der Waals surface area contributed by atoms with Gasteiger partial charge in [0, 0.05) is 16.9 Å². The van der Waals surface area contributed by atoms with E-state index in [1.54, 1.807) is 7.11 Å². The van der Waals surface area contributed by atoms with Crippen LogP contribution in [0.15, 0.2) is 71.9 Å². The van der Waals surface area contributed by atoms with Gasteiger partial charge < -0.3 is 28.1 Å². The first-order valence-corrected chi connectivity index (χ1v) is 27.7. The molecule has 0 unspecified atom stereocenters. The first kappa shape index (κ1) is 49.2. The number of hydrogen-bond donors (Lipinski definition) is 0. The molecule has 2 bridgehead atoms. The number of thioether (sulfide) groups is 2. The minimum atomic E-state index is -2.07. The van der Waals surface area contributed by atoms with Gasteiger partial charge in [0.25, 0.3) is 0 Å². The number of ether oxygens (including phenoxy) is 5. The lowest BCUT2D eigenvalue weighted by Gasteiger charge is -2.52. The van der Waals surface area contributed by atoms with Crippen molar-refractivity contribution in [2.45, 2.75) is 159 Å². The first-order chi connectivity index (χ1) is 29.0. The van der Waals surface area contributed by atoms with Crippen molar-refractivity contribution in [3.63, 3.8) is 0 Å². The molecule has 0 amide bonds. The molecule has 2 saturated heterocycles. The highest BCUT2D eigenvalue weighted by Gasteiger charge is 2.56. The Bertz CT molecular complexity index is 1590. The van der Waals surface area contributed by atoms with Crippen molar-refractivity contribution >= 4 is 37.8 Å². The van der Waals surface area contributed by atoms with E-state index in [4.69, 9.17) is 28.1 Å². The zero-order valence-corrected chi connectivity index (χ0v) is 41.2. The summed E-state index contributed by atoms with van der Waals surface area (Å²) in [7, 11) is 1.15. The van der Waals surface area contributed by atoms with Crippen molar-refractivity contribution in [2.75, 3.05) is 38.9 Å². The zero-order chi connectivity index (χ0) is 43.2. The van der Waals surface area contributed by atoms with E-state index in [1.165, 1.54) is 31.9 Å². The third kappa shape index (κ3) is 12.1. The third-order valence-corrected chi connectivity index (χ3v) is 22.2. The van der Waals surface area contributed by atoms with Crippen LogP contribution in [0.2, 0.25) is 18.1 Å². The molecular formula is C50H78O7S2Si. The van der Waals surface area contributed by atoms with Gasteiger partial charge in [-0.25, -0.2) is 4.79 Å². The highest BCUT2D eigenvalue weighted by atomic mass is 32.2. The van der Waals surface area contributed by atoms with Crippen molar-refractivity contribution < 1.29 is 32.9 Å². The van der Waals surface area contributed by atoms with Crippen molar-refractivity contribution in [1.29, 1.82) is 0 Å². The molecule has 0 saturated carbocycles. The largest absolute Gasteiger partial charge is 0.497 e. The van der Waals surface area contributed by atoms with E-state index >= 15 is 0 Å². The molecule has 0 N–H and O–H groups in total. The average molecular weight is 883 g/mol. The Morgan fingerprint density at radius 2 is 1.60 bits per heavy atom. The molecule has 4 aliphatic rings.